The van der Waals surface area contributed by atoms with E-state index < -0.39 is 0 Å². The van der Waals surface area contributed by atoms with Crippen molar-refractivity contribution in [1.29, 1.82) is 0 Å². The topological polar surface area (TPSA) is 47.3 Å². The Hall–Kier alpha value is -1.06. The summed E-state index contributed by atoms with van der Waals surface area (Å²) < 4.78 is 5.76. The number of hydrogen-bond acceptors (Lipinski definition) is 3. The molecule has 1 aliphatic heterocycles. The van der Waals surface area contributed by atoms with E-state index in [1.54, 1.807) is 0 Å². The van der Waals surface area contributed by atoms with Gasteiger partial charge in [0.2, 0.25) is 0 Å². The molecule has 0 bridgehead atoms. The minimum Gasteiger partial charge on any atom is -0.493 e. The average Bonchev–Trinajstić information content (AvgIpc) is 2.38. The highest BCUT2D eigenvalue weighted by atomic mass is 16.5. The van der Waals surface area contributed by atoms with Crippen LogP contribution in [-0.4, -0.2) is 26.2 Å². The van der Waals surface area contributed by atoms with E-state index in [1.165, 1.54) is 6.42 Å². The van der Waals surface area contributed by atoms with Gasteiger partial charge in [-0.2, -0.15) is 0 Å². The molecule has 1 aromatic carbocycles. The summed E-state index contributed by atoms with van der Waals surface area (Å²) in [5.74, 6) is 2.15. The normalized spacial score (nSPS) is 25.3. The molecule has 2 unspecified atom stereocenters. The number of nitrogens with two attached hydrogens (primary N) is 1. The van der Waals surface area contributed by atoms with E-state index in [4.69, 9.17) is 10.5 Å². The van der Waals surface area contributed by atoms with Gasteiger partial charge in [0.15, 0.2) is 0 Å². The van der Waals surface area contributed by atoms with Gasteiger partial charge in [-0.15, -0.1) is 0 Å². The number of nitrogens with one attached hydrogen (secondary N) is 1. The van der Waals surface area contributed by atoms with E-state index >= 15 is 0 Å². The molecule has 16 heavy (non-hydrogen) atoms. The van der Waals surface area contributed by atoms with E-state index in [9.17, 15) is 0 Å². The summed E-state index contributed by atoms with van der Waals surface area (Å²) in [7, 11) is 0. The lowest BCUT2D eigenvalue weighted by Gasteiger charge is -2.29. The molecule has 0 radical (unpaired) electrons. The lowest BCUT2D eigenvalue weighted by molar-refractivity contribution is 0.190. The highest BCUT2D eigenvalue weighted by Gasteiger charge is 2.20. The molecular formula is C13H20N2O. The molecule has 0 saturated carbocycles. The van der Waals surface area contributed by atoms with Crippen LogP contribution in [0.25, 0.3) is 0 Å². The van der Waals surface area contributed by atoms with Crippen molar-refractivity contribution in [1.82, 2.24) is 5.32 Å². The Morgan fingerprint density at radius 3 is 2.69 bits per heavy atom. The van der Waals surface area contributed by atoms with E-state index in [0.29, 0.717) is 11.8 Å². The Morgan fingerprint density at radius 1 is 1.19 bits per heavy atom. The van der Waals surface area contributed by atoms with Gasteiger partial charge in [0, 0.05) is 12.5 Å². The van der Waals surface area contributed by atoms with E-state index in [1.807, 2.05) is 30.3 Å². The van der Waals surface area contributed by atoms with Crippen LogP contribution in [0.3, 0.4) is 0 Å². The number of rotatable bonds is 4. The van der Waals surface area contributed by atoms with Gasteiger partial charge in [0.25, 0.3) is 0 Å². The summed E-state index contributed by atoms with van der Waals surface area (Å²) in [5.41, 5.74) is 5.69. The number of ether oxygens (including phenoxy) is 1. The number of hydrogen-bond donors (Lipinski definition) is 2. The van der Waals surface area contributed by atoms with Crippen molar-refractivity contribution >= 4 is 0 Å². The van der Waals surface area contributed by atoms with E-state index in [2.05, 4.69) is 5.32 Å². The van der Waals surface area contributed by atoms with Crippen LogP contribution in [0.2, 0.25) is 0 Å². The molecule has 3 heteroatoms. The highest BCUT2D eigenvalue weighted by Crippen LogP contribution is 2.17. The largest absolute Gasteiger partial charge is 0.493 e. The Balaban J connectivity index is 1.77. The highest BCUT2D eigenvalue weighted by molar-refractivity contribution is 5.20. The fraction of sp³-hybridized carbons (Fsp3) is 0.538. The zero-order valence-corrected chi connectivity index (χ0v) is 9.56. The zero-order valence-electron chi connectivity index (χ0n) is 9.56. The van der Waals surface area contributed by atoms with Gasteiger partial charge in [-0.1, -0.05) is 18.2 Å². The summed E-state index contributed by atoms with van der Waals surface area (Å²) in [6.07, 6.45) is 1.18. The lowest BCUT2D eigenvalue weighted by atomic mass is 9.91. The van der Waals surface area contributed by atoms with Crippen LogP contribution in [0, 0.1) is 11.8 Å². The predicted octanol–water partition coefficient (Wildman–Crippen LogP) is 1.25. The monoisotopic (exact) mass is 220 g/mol. The maximum absolute atomic E-state index is 5.76. The molecule has 1 fully saturated rings. The average molecular weight is 220 g/mol. The number of benzene rings is 1. The second-order valence-electron chi connectivity index (χ2n) is 4.49. The van der Waals surface area contributed by atoms with Gasteiger partial charge in [0.05, 0.1) is 6.61 Å². The number of para-hydroxylation sites is 1. The Labute approximate surface area is 97.0 Å². The van der Waals surface area contributed by atoms with Gasteiger partial charge in [0.1, 0.15) is 5.75 Å². The van der Waals surface area contributed by atoms with Crippen molar-refractivity contribution in [3.05, 3.63) is 30.3 Å². The van der Waals surface area contributed by atoms with Crippen LogP contribution in [0.5, 0.6) is 5.75 Å². The minimum absolute atomic E-state index is 0.586. The van der Waals surface area contributed by atoms with Crippen LogP contribution in [0.4, 0.5) is 0 Å². The summed E-state index contributed by atoms with van der Waals surface area (Å²) >= 11 is 0. The van der Waals surface area contributed by atoms with Crippen molar-refractivity contribution in [2.45, 2.75) is 6.42 Å². The smallest absolute Gasteiger partial charge is 0.119 e. The maximum Gasteiger partial charge on any atom is 0.119 e. The second kappa shape index (κ2) is 5.87. The fourth-order valence-electron chi connectivity index (χ4n) is 2.17. The van der Waals surface area contributed by atoms with E-state index in [-0.39, 0.29) is 0 Å². The van der Waals surface area contributed by atoms with Crippen LogP contribution < -0.4 is 15.8 Å². The first-order valence-corrected chi connectivity index (χ1v) is 5.97. The van der Waals surface area contributed by atoms with Crippen LogP contribution in [0.1, 0.15) is 6.42 Å². The van der Waals surface area contributed by atoms with Crippen molar-refractivity contribution in [3.8, 4) is 5.75 Å². The Bertz CT molecular complexity index is 302. The quantitative estimate of drug-likeness (QED) is 0.803. The van der Waals surface area contributed by atoms with Gasteiger partial charge >= 0.3 is 0 Å². The van der Waals surface area contributed by atoms with Crippen molar-refractivity contribution in [2.24, 2.45) is 17.6 Å². The molecule has 3 N–H and O–H groups in total. The number of piperidine rings is 1. The lowest BCUT2D eigenvalue weighted by Crippen LogP contribution is -2.41. The summed E-state index contributed by atoms with van der Waals surface area (Å²) in [4.78, 5) is 0. The van der Waals surface area contributed by atoms with Gasteiger partial charge in [-0.05, 0) is 37.6 Å². The molecule has 0 spiro atoms. The zero-order chi connectivity index (χ0) is 11.2. The van der Waals surface area contributed by atoms with Gasteiger partial charge < -0.3 is 15.8 Å². The molecule has 0 amide bonds. The van der Waals surface area contributed by atoms with E-state index in [0.717, 1.165) is 32.0 Å². The third-order valence-corrected chi connectivity index (χ3v) is 3.09. The Morgan fingerprint density at radius 2 is 1.94 bits per heavy atom. The summed E-state index contributed by atoms with van der Waals surface area (Å²) in [6.45, 7) is 3.66. The summed E-state index contributed by atoms with van der Waals surface area (Å²) in [6, 6.07) is 9.99. The molecule has 1 aliphatic rings. The fourth-order valence-corrected chi connectivity index (χ4v) is 2.17. The van der Waals surface area contributed by atoms with Crippen LogP contribution in [-0.2, 0) is 0 Å². The van der Waals surface area contributed by atoms with Crippen LogP contribution in [0.15, 0.2) is 30.3 Å². The molecule has 1 heterocycles. The standard InChI is InChI=1S/C13H20N2O/c14-7-11-6-12(9-15-8-11)10-16-13-4-2-1-3-5-13/h1-5,11-12,15H,6-10,14H2. The first-order valence-electron chi connectivity index (χ1n) is 5.97. The third-order valence-electron chi connectivity index (χ3n) is 3.09. The van der Waals surface area contributed by atoms with Gasteiger partial charge in [-0.25, -0.2) is 0 Å². The molecule has 1 saturated heterocycles. The van der Waals surface area contributed by atoms with Gasteiger partial charge in [-0.3, -0.25) is 0 Å². The minimum atomic E-state index is 0.586. The third kappa shape index (κ3) is 3.22. The second-order valence-corrected chi connectivity index (χ2v) is 4.49. The molecule has 3 nitrogen and oxygen atoms in total. The van der Waals surface area contributed by atoms with Crippen molar-refractivity contribution in [2.75, 3.05) is 26.2 Å². The molecule has 88 valence electrons. The SMILES string of the molecule is NCC1CNCC(COc2ccccc2)C1. The predicted molar refractivity (Wildman–Crippen MR) is 65.5 cm³/mol. The molecule has 0 aromatic heterocycles. The molecule has 0 aliphatic carbocycles. The first-order chi connectivity index (χ1) is 7.88. The van der Waals surface area contributed by atoms with Crippen LogP contribution >= 0.6 is 0 Å². The summed E-state index contributed by atoms with van der Waals surface area (Å²) in [5, 5.41) is 3.41. The molecule has 1 aromatic rings. The maximum atomic E-state index is 5.76. The first kappa shape index (κ1) is 11.4. The molecule has 2 atom stereocenters. The van der Waals surface area contributed by atoms with Crippen molar-refractivity contribution < 1.29 is 4.74 Å². The van der Waals surface area contributed by atoms with Crippen molar-refractivity contribution in [3.63, 3.8) is 0 Å². The molecular weight excluding hydrogens is 200 g/mol. The molecule has 2 rings (SSSR count). The Kier molecular flexibility index (Phi) is 4.19.